The molecule has 152 valence electrons. The molecular formula is C22H29FIN3O. The smallest absolute Gasteiger partial charge is 0.191 e. The van der Waals surface area contributed by atoms with Gasteiger partial charge in [-0.05, 0) is 48.6 Å². The molecule has 1 aliphatic rings. The van der Waals surface area contributed by atoms with Crippen LogP contribution in [-0.4, -0.2) is 32.8 Å². The highest BCUT2D eigenvalue weighted by molar-refractivity contribution is 14.0. The lowest BCUT2D eigenvalue weighted by molar-refractivity contribution is 0.0513. The number of benzene rings is 2. The predicted octanol–water partition coefficient (Wildman–Crippen LogP) is 4.17. The lowest BCUT2D eigenvalue weighted by atomic mass is 9.74. The lowest BCUT2D eigenvalue weighted by Crippen LogP contribution is -2.48. The Hall–Kier alpha value is -1.67. The van der Waals surface area contributed by atoms with E-state index in [1.54, 1.807) is 7.05 Å². The van der Waals surface area contributed by atoms with Gasteiger partial charge in [-0.15, -0.1) is 24.0 Å². The van der Waals surface area contributed by atoms with E-state index >= 15 is 0 Å². The number of aliphatic imine (C=N–C) groups is 1. The highest BCUT2D eigenvalue weighted by Crippen LogP contribution is 2.34. The molecule has 2 N–H and O–H groups in total. The van der Waals surface area contributed by atoms with Gasteiger partial charge in [0.05, 0.1) is 0 Å². The van der Waals surface area contributed by atoms with Crippen LogP contribution in [0.4, 0.5) is 4.39 Å². The van der Waals surface area contributed by atoms with Gasteiger partial charge in [0, 0.05) is 38.8 Å². The first-order valence-corrected chi connectivity index (χ1v) is 9.46. The highest BCUT2D eigenvalue weighted by Gasteiger charge is 2.34. The Kier molecular flexibility index (Phi) is 8.69. The van der Waals surface area contributed by atoms with Crippen molar-refractivity contribution in [3.63, 3.8) is 0 Å². The zero-order chi connectivity index (χ0) is 19.1. The molecule has 0 radical (unpaired) electrons. The molecule has 0 atom stereocenters. The maximum absolute atomic E-state index is 13.4. The Morgan fingerprint density at radius 3 is 2.39 bits per heavy atom. The number of ether oxygens (including phenoxy) is 1. The van der Waals surface area contributed by atoms with Crippen LogP contribution in [0.15, 0.2) is 53.5 Å². The summed E-state index contributed by atoms with van der Waals surface area (Å²) in [5, 5.41) is 6.86. The van der Waals surface area contributed by atoms with E-state index in [4.69, 9.17) is 4.74 Å². The first kappa shape index (κ1) is 22.6. The van der Waals surface area contributed by atoms with Crippen molar-refractivity contribution in [1.29, 1.82) is 0 Å². The molecule has 1 fully saturated rings. The predicted molar refractivity (Wildman–Crippen MR) is 123 cm³/mol. The van der Waals surface area contributed by atoms with Gasteiger partial charge in [0.1, 0.15) is 5.82 Å². The van der Waals surface area contributed by atoms with Crippen LogP contribution in [-0.2, 0) is 16.7 Å². The van der Waals surface area contributed by atoms with Crippen molar-refractivity contribution in [2.45, 2.75) is 31.7 Å². The van der Waals surface area contributed by atoms with Crippen LogP contribution in [0.3, 0.4) is 0 Å². The highest BCUT2D eigenvalue weighted by atomic mass is 127. The van der Waals surface area contributed by atoms with Gasteiger partial charge in [-0.2, -0.15) is 0 Å². The minimum atomic E-state index is -0.204. The Morgan fingerprint density at radius 2 is 1.75 bits per heavy atom. The number of halogens is 2. The van der Waals surface area contributed by atoms with Crippen LogP contribution >= 0.6 is 24.0 Å². The number of nitrogens with zero attached hydrogens (tertiary/aromatic N) is 1. The molecule has 0 unspecified atom stereocenters. The first-order chi connectivity index (χ1) is 13.1. The minimum absolute atomic E-state index is 0. The number of guanidine groups is 1. The van der Waals surface area contributed by atoms with E-state index in [2.05, 4.69) is 34.7 Å². The molecule has 1 saturated heterocycles. The molecule has 0 spiro atoms. The molecule has 0 aromatic heterocycles. The SMILES string of the molecule is CN=C(NCc1ccccc1C)NCC1(c2ccc(F)cc2)CCOCC1.I. The van der Waals surface area contributed by atoms with Crippen LogP contribution in [0.1, 0.15) is 29.5 Å². The summed E-state index contributed by atoms with van der Waals surface area (Å²) in [5.74, 6) is 0.566. The van der Waals surface area contributed by atoms with Crippen LogP contribution in [0.25, 0.3) is 0 Å². The average Bonchev–Trinajstić information content (AvgIpc) is 2.70. The summed E-state index contributed by atoms with van der Waals surface area (Å²) in [6.45, 7) is 5.00. The van der Waals surface area contributed by atoms with E-state index in [-0.39, 0.29) is 35.2 Å². The molecule has 28 heavy (non-hydrogen) atoms. The van der Waals surface area contributed by atoms with Gasteiger partial charge < -0.3 is 15.4 Å². The van der Waals surface area contributed by atoms with Gasteiger partial charge in [-0.1, -0.05) is 36.4 Å². The largest absolute Gasteiger partial charge is 0.381 e. The fraction of sp³-hybridized carbons (Fsp3) is 0.409. The van der Waals surface area contributed by atoms with Crippen molar-refractivity contribution in [1.82, 2.24) is 10.6 Å². The molecule has 3 rings (SSSR count). The van der Waals surface area contributed by atoms with Crippen molar-refractivity contribution in [3.8, 4) is 0 Å². The van der Waals surface area contributed by atoms with Gasteiger partial charge in [-0.25, -0.2) is 4.39 Å². The number of nitrogens with one attached hydrogen (secondary N) is 2. The maximum Gasteiger partial charge on any atom is 0.191 e. The van der Waals surface area contributed by atoms with E-state index in [0.717, 1.165) is 37.5 Å². The van der Waals surface area contributed by atoms with E-state index in [1.165, 1.54) is 23.3 Å². The molecule has 1 aliphatic heterocycles. The monoisotopic (exact) mass is 497 g/mol. The van der Waals surface area contributed by atoms with Crippen LogP contribution < -0.4 is 10.6 Å². The minimum Gasteiger partial charge on any atom is -0.381 e. The summed E-state index contributed by atoms with van der Waals surface area (Å²) in [4.78, 5) is 4.36. The zero-order valence-electron chi connectivity index (χ0n) is 16.5. The Balaban J connectivity index is 0.00000280. The molecule has 0 saturated carbocycles. The molecule has 2 aromatic rings. The van der Waals surface area contributed by atoms with Gasteiger partial charge in [0.25, 0.3) is 0 Å². The second kappa shape index (κ2) is 10.8. The summed E-state index contributed by atoms with van der Waals surface area (Å²) in [7, 11) is 1.78. The average molecular weight is 497 g/mol. The standard InChI is InChI=1S/C22H28FN3O.HI/c1-17-5-3-4-6-18(17)15-25-21(24-2)26-16-22(11-13-27-14-12-22)19-7-9-20(23)10-8-19;/h3-10H,11-16H2,1-2H3,(H2,24,25,26);1H. The van der Waals surface area contributed by atoms with Crippen LogP contribution in [0.5, 0.6) is 0 Å². The molecule has 6 heteroatoms. The second-order valence-electron chi connectivity index (χ2n) is 7.11. The molecule has 0 bridgehead atoms. The lowest BCUT2D eigenvalue weighted by Gasteiger charge is -2.38. The van der Waals surface area contributed by atoms with Gasteiger partial charge in [0.2, 0.25) is 0 Å². The van der Waals surface area contributed by atoms with E-state index in [0.29, 0.717) is 13.2 Å². The summed E-state index contributed by atoms with van der Waals surface area (Å²) in [6.07, 6.45) is 1.81. The third-order valence-corrected chi connectivity index (χ3v) is 5.43. The summed E-state index contributed by atoms with van der Waals surface area (Å²) < 4.78 is 18.9. The van der Waals surface area contributed by atoms with Gasteiger partial charge in [-0.3, -0.25) is 4.99 Å². The first-order valence-electron chi connectivity index (χ1n) is 9.46. The van der Waals surface area contributed by atoms with Crippen molar-refractivity contribution >= 4 is 29.9 Å². The Labute approximate surface area is 184 Å². The third-order valence-electron chi connectivity index (χ3n) is 5.43. The quantitative estimate of drug-likeness (QED) is 0.371. The molecular weight excluding hydrogens is 468 g/mol. The van der Waals surface area contributed by atoms with E-state index in [1.807, 2.05) is 24.3 Å². The Morgan fingerprint density at radius 1 is 1.07 bits per heavy atom. The normalized spacial score (nSPS) is 16.2. The van der Waals surface area contributed by atoms with Crippen LogP contribution in [0.2, 0.25) is 0 Å². The molecule has 1 heterocycles. The fourth-order valence-electron chi connectivity index (χ4n) is 3.59. The van der Waals surface area contributed by atoms with Gasteiger partial charge >= 0.3 is 0 Å². The number of hydrogen-bond donors (Lipinski definition) is 2. The summed E-state index contributed by atoms with van der Waals surface area (Å²) in [5.41, 5.74) is 3.58. The van der Waals surface area contributed by atoms with Crippen molar-refractivity contribution in [2.24, 2.45) is 4.99 Å². The Bertz CT molecular complexity index is 774. The molecule has 0 amide bonds. The zero-order valence-corrected chi connectivity index (χ0v) is 18.8. The number of rotatable bonds is 5. The van der Waals surface area contributed by atoms with Gasteiger partial charge in [0.15, 0.2) is 5.96 Å². The molecule has 2 aromatic carbocycles. The molecule has 0 aliphatic carbocycles. The van der Waals surface area contributed by atoms with Crippen molar-refractivity contribution in [3.05, 3.63) is 71.0 Å². The second-order valence-corrected chi connectivity index (χ2v) is 7.11. The van der Waals surface area contributed by atoms with E-state index in [9.17, 15) is 4.39 Å². The number of aryl methyl sites for hydroxylation is 1. The number of hydrogen-bond acceptors (Lipinski definition) is 2. The molecule has 4 nitrogen and oxygen atoms in total. The van der Waals surface area contributed by atoms with Crippen molar-refractivity contribution in [2.75, 3.05) is 26.8 Å². The van der Waals surface area contributed by atoms with E-state index < -0.39 is 0 Å². The third kappa shape index (κ3) is 5.67. The van der Waals surface area contributed by atoms with Crippen molar-refractivity contribution < 1.29 is 9.13 Å². The summed E-state index contributed by atoms with van der Waals surface area (Å²) in [6, 6.07) is 15.2. The fourth-order valence-corrected chi connectivity index (χ4v) is 3.59. The maximum atomic E-state index is 13.4. The van der Waals surface area contributed by atoms with Crippen LogP contribution in [0, 0.1) is 12.7 Å². The summed E-state index contributed by atoms with van der Waals surface area (Å²) >= 11 is 0. The topological polar surface area (TPSA) is 45.7 Å².